The number of nitrogens with one attached hydrogen (secondary N) is 1. The molecule has 5 nitrogen and oxygen atoms in total. The lowest BCUT2D eigenvalue weighted by molar-refractivity contribution is -0.116. The zero-order valence-corrected chi connectivity index (χ0v) is 14.6. The van der Waals surface area contributed by atoms with Crippen molar-refractivity contribution in [1.29, 1.82) is 0 Å². The van der Waals surface area contributed by atoms with Crippen LogP contribution < -0.4 is 10.1 Å². The van der Waals surface area contributed by atoms with Gasteiger partial charge in [0.25, 0.3) is 0 Å². The minimum Gasteiger partial charge on any atom is -0.457 e. The van der Waals surface area contributed by atoms with Crippen molar-refractivity contribution in [3.05, 3.63) is 71.4 Å². The van der Waals surface area contributed by atoms with Crippen LogP contribution in [0.15, 0.2) is 65.9 Å². The van der Waals surface area contributed by atoms with Gasteiger partial charge in [-0.3, -0.25) is 4.79 Å². The van der Waals surface area contributed by atoms with E-state index in [0.29, 0.717) is 17.7 Å². The van der Waals surface area contributed by atoms with Crippen LogP contribution in [0.4, 0.5) is 4.79 Å². The number of ketones is 1. The van der Waals surface area contributed by atoms with Crippen molar-refractivity contribution in [3.8, 4) is 11.5 Å². The molecule has 0 saturated carbocycles. The zero-order valence-electron chi connectivity index (χ0n) is 14.6. The molecule has 1 unspecified atom stereocenters. The second kappa shape index (κ2) is 6.67. The molecule has 5 heteroatoms. The number of amides is 2. The highest BCUT2D eigenvalue weighted by molar-refractivity contribution is 6.00. The van der Waals surface area contributed by atoms with E-state index < -0.39 is 6.04 Å². The number of urea groups is 1. The predicted molar refractivity (Wildman–Crippen MR) is 97.9 cm³/mol. The number of rotatable bonds is 3. The first-order chi connectivity index (χ1) is 12.6. The summed E-state index contributed by atoms with van der Waals surface area (Å²) in [7, 11) is 1.72. The standard InChI is InChI=1S/C21H20N2O3/c1-23-17-11-6-12-18(24)19(17)20(22-21(23)25)14-7-5-10-16(13-14)26-15-8-3-2-4-9-15/h2-5,7-10,13,20H,6,11-12H2,1H3,(H,22,25). The number of allylic oxidation sites excluding steroid dienone is 1. The maximum atomic E-state index is 12.6. The van der Waals surface area contributed by atoms with E-state index in [1.165, 1.54) is 0 Å². The second-order valence-electron chi connectivity index (χ2n) is 6.57. The Hall–Kier alpha value is -3.08. The normalized spacial score (nSPS) is 19.9. The zero-order chi connectivity index (χ0) is 18.1. The molecular weight excluding hydrogens is 328 g/mol. The highest BCUT2D eigenvalue weighted by atomic mass is 16.5. The van der Waals surface area contributed by atoms with Crippen LogP contribution in [0.1, 0.15) is 30.9 Å². The first kappa shape index (κ1) is 16.4. The van der Waals surface area contributed by atoms with E-state index in [1.807, 2.05) is 54.6 Å². The van der Waals surface area contributed by atoms with Crippen molar-refractivity contribution in [3.63, 3.8) is 0 Å². The summed E-state index contributed by atoms with van der Waals surface area (Å²) < 4.78 is 5.90. The lowest BCUT2D eigenvalue weighted by Gasteiger charge is -2.37. The largest absolute Gasteiger partial charge is 0.457 e. The maximum Gasteiger partial charge on any atom is 0.322 e. The Bertz CT molecular complexity index is 889. The summed E-state index contributed by atoms with van der Waals surface area (Å²) in [6.07, 6.45) is 2.07. The summed E-state index contributed by atoms with van der Waals surface area (Å²) >= 11 is 0. The van der Waals surface area contributed by atoms with E-state index >= 15 is 0 Å². The highest BCUT2D eigenvalue weighted by Gasteiger charge is 2.37. The second-order valence-corrected chi connectivity index (χ2v) is 6.57. The molecule has 0 saturated heterocycles. The van der Waals surface area contributed by atoms with Crippen molar-refractivity contribution in [1.82, 2.24) is 10.2 Å². The first-order valence-corrected chi connectivity index (χ1v) is 8.77. The summed E-state index contributed by atoms with van der Waals surface area (Å²) in [6, 6.07) is 16.5. The van der Waals surface area contributed by atoms with Crippen LogP contribution in [0.5, 0.6) is 11.5 Å². The van der Waals surface area contributed by atoms with Gasteiger partial charge in [0.2, 0.25) is 0 Å². The third-order valence-electron chi connectivity index (χ3n) is 4.87. The molecule has 0 spiro atoms. The molecule has 2 aromatic rings. The molecule has 4 rings (SSSR count). The third kappa shape index (κ3) is 2.96. The molecule has 26 heavy (non-hydrogen) atoms. The number of carbonyl (C=O) groups excluding carboxylic acids is 2. The Labute approximate surface area is 152 Å². The number of carbonyl (C=O) groups is 2. The van der Waals surface area contributed by atoms with E-state index in [-0.39, 0.29) is 11.8 Å². The van der Waals surface area contributed by atoms with Crippen LogP contribution in [0, 0.1) is 0 Å². The van der Waals surface area contributed by atoms with Crippen molar-refractivity contribution >= 4 is 11.8 Å². The van der Waals surface area contributed by atoms with Crippen molar-refractivity contribution in [2.75, 3.05) is 7.05 Å². The minimum absolute atomic E-state index is 0.109. The molecule has 0 fully saturated rings. The van der Waals surface area contributed by atoms with Gasteiger partial charge in [0, 0.05) is 24.7 Å². The molecular formula is C21H20N2O3. The quantitative estimate of drug-likeness (QED) is 0.905. The van der Waals surface area contributed by atoms with Gasteiger partial charge in [0.1, 0.15) is 11.5 Å². The van der Waals surface area contributed by atoms with Crippen LogP contribution in [0.25, 0.3) is 0 Å². The molecule has 1 N–H and O–H groups in total. The molecule has 1 heterocycles. The van der Waals surface area contributed by atoms with Gasteiger partial charge in [-0.2, -0.15) is 0 Å². The maximum absolute atomic E-state index is 12.6. The van der Waals surface area contributed by atoms with E-state index in [2.05, 4.69) is 5.32 Å². The summed E-state index contributed by atoms with van der Waals surface area (Å²) in [4.78, 5) is 26.5. The van der Waals surface area contributed by atoms with E-state index in [4.69, 9.17) is 4.74 Å². The van der Waals surface area contributed by atoms with Crippen LogP contribution in [-0.4, -0.2) is 23.8 Å². The third-order valence-corrected chi connectivity index (χ3v) is 4.87. The van der Waals surface area contributed by atoms with Crippen LogP contribution in [-0.2, 0) is 4.79 Å². The number of Topliss-reactive ketones (excluding diaryl/α,β-unsaturated/α-hetero) is 1. The van der Waals surface area contributed by atoms with Crippen molar-refractivity contribution in [2.24, 2.45) is 0 Å². The minimum atomic E-state index is -0.430. The summed E-state index contributed by atoms with van der Waals surface area (Å²) in [5.74, 6) is 1.52. The Morgan fingerprint density at radius 2 is 1.77 bits per heavy atom. The van der Waals surface area contributed by atoms with Crippen molar-refractivity contribution in [2.45, 2.75) is 25.3 Å². The topological polar surface area (TPSA) is 58.6 Å². The lowest BCUT2D eigenvalue weighted by Crippen LogP contribution is -2.47. The molecule has 1 aliphatic heterocycles. The fraction of sp³-hybridized carbons (Fsp3) is 0.238. The lowest BCUT2D eigenvalue weighted by atomic mass is 9.85. The average molecular weight is 348 g/mol. The van der Waals surface area contributed by atoms with Crippen LogP contribution in [0.3, 0.4) is 0 Å². The molecule has 0 bridgehead atoms. The Morgan fingerprint density at radius 1 is 1.00 bits per heavy atom. The van der Waals surface area contributed by atoms with E-state index in [0.717, 1.165) is 29.9 Å². The average Bonchev–Trinajstić information content (AvgIpc) is 2.66. The van der Waals surface area contributed by atoms with Gasteiger partial charge in [-0.15, -0.1) is 0 Å². The summed E-state index contributed by atoms with van der Waals surface area (Å²) in [5.41, 5.74) is 2.39. The number of hydrogen-bond donors (Lipinski definition) is 1. The van der Waals surface area contributed by atoms with Gasteiger partial charge in [-0.25, -0.2) is 4.79 Å². The monoisotopic (exact) mass is 348 g/mol. The molecule has 0 aromatic heterocycles. The van der Waals surface area contributed by atoms with Gasteiger partial charge in [0.15, 0.2) is 5.78 Å². The van der Waals surface area contributed by atoms with E-state index in [9.17, 15) is 9.59 Å². The van der Waals surface area contributed by atoms with Crippen LogP contribution in [0.2, 0.25) is 0 Å². The number of nitrogens with zero attached hydrogens (tertiary/aromatic N) is 1. The van der Waals surface area contributed by atoms with Gasteiger partial charge < -0.3 is 15.0 Å². The number of hydrogen-bond acceptors (Lipinski definition) is 3. The first-order valence-electron chi connectivity index (χ1n) is 8.77. The summed E-state index contributed by atoms with van der Waals surface area (Å²) in [5, 5.41) is 2.96. The van der Waals surface area contributed by atoms with Gasteiger partial charge in [0.05, 0.1) is 6.04 Å². The van der Waals surface area contributed by atoms with Gasteiger partial charge in [-0.05, 0) is 42.7 Å². The Balaban J connectivity index is 1.70. The molecule has 2 aliphatic rings. The number of ether oxygens (including phenoxy) is 1. The number of benzene rings is 2. The highest BCUT2D eigenvalue weighted by Crippen LogP contribution is 2.37. The Kier molecular flexibility index (Phi) is 4.21. The fourth-order valence-corrected chi connectivity index (χ4v) is 3.57. The molecule has 132 valence electrons. The molecule has 1 atom stereocenters. The SMILES string of the molecule is CN1C(=O)NC(c2cccc(Oc3ccccc3)c2)C2=C1CCCC2=O. The predicted octanol–water partition coefficient (Wildman–Crippen LogP) is 4.18. The molecule has 0 radical (unpaired) electrons. The smallest absolute Gasteiger partial charge is 0.322 e. The fourth-order valence-electron chi connectivity index (χ4n) is 3.57. The van der Waals surface area contributed by atoms with Crippen LogP contribution >= 0.6 is 0 Å². The summed E-state index contributed by atoms with van der Waals surface area (Å²) in [6.45, 7) is 0. The molecule has 2 aromatic carbocycles. The Morgan fingerprint density at radius 3 is 2.58 bits per heavy atom. The molecule has 2 amide bonds. The van der Waals surface area contributed by atoms with Crippen molar-refractivity contribution < 1.29 is 14.3 Å². The molecule has 1 aliphatic carbocycles. The van der Waals surface area contributed by atoms with E-state index in [1.54, 1.807) is 11.9 Å². The van der Waals surface area contributed by atoms with Gasteiger partial charge >= 0.3 is 6.03 Å². The number of para-hydroxylation sites is 1. The van der Waals surface area contributed by atoms with Gasteiger partial charge in [-0.1, -0.05) is 30.3 Å².